The van der Waals surface area contributed by atoms with Crippen molar-refractivity contribution in [1.82, 2.24) is 15.6 Å². The van der Waals surface area contributed by atoms with E-state index in [9.17, 15) is 0 Å². The topological polar surface area (TPSA) is 67.8 Å². The summed E-state index contributed by atoms with van der Waals surface area (Å²) in [6, 6.07) is 8.01. The molecule has 2 rings (SSSR count). The molecule has 0 bridgehead atoms. The van der Waals surface area contributed by atoms with Gasteiger partial charge in [0.15, 0.2) is 5.96 Å². The highest BCUT2D eigenvalue weighted by molar-refractivity contribution is 7.11. The Balaban J connectivity index is 1.75. The zero-order valence-electron chi connectivity index (χ0n) is 15.0. The van der Waals surface area contributed by atoms with Crippen LogP contribution in [-0.4, -0.2) is 44.9 Å². The molecule has 1 aromatic carbocycles. The number of ether oxygens (including phenoxy) is 2. The smallest absolute Gasteiger partial charge is 0.191 e. The van der Waals surface area contributed by atoms with Crippen molar-refractivity contribution in [3.63, 3.8) is 0 Å². The number of aryl methyl sites for hydroxylation is 1. The fourth-order valence-corrected chi connectivity index (χ4v) is 2.99. The third-order valence-electron chi connectivity index (χ3n) is 3.44. The van der Waals surface area contributed by atoms with Crippen molar-refractivity contribution in [1.29, 1.82) is 0 Å². The predicted octanol–water partition coefficient (Wildman–Crippen LogP) is 2.38. The zero-order valence-corrected chi connectivity index (χ0v) is 15.9. The van der Waals surface area contributed by atoms with Gasteiger partial charge >= 0.3 is 0 Å². The molecule has 0 aliphatic rings. The van der Waals surface area contributed by atoms with Crippen molar-refractivity contribution in [3.8, 4) is 5.75 Å². The van der Waals surface area contributed by atoms with Crippen molar-refractivity contribution in [2.45, 2.75) is 19.9 Å². The van der Waals surface area contributed by atoms with E-state index in [0.29, 0.717) is 19.8 Å². The molecule has 0 aliphatic carbocycles. The molecule has 7 heteroatoms. The minimum Gasteiger partial charge on any atom is -0.491 e. The minimum absolute atomic E-state index is 0.548. The first kappa shape index (κ1) is 19.2. The van der Waals surface area contributed by atoms with Crippen molar-refractivity contribution in [2.75, 3.05) is 33.9 Å². The zero-order chi connectivity index (χ0) is 17.9. The van der Waals surface area contributed by atoms with Gasteiger partial charge in [-0.3, -0.25) is 4.99 Å². The molecule has 0 amide bonds. The van der Waals surface area contributed by atoms with Crippen molar-refractivity contribution in [2.24, 2.45) is 4.99 Å². The molecular weight excluding hydrogens is 336 g/mol. The fraction of sp³-hybridized carbons (Fsp3) is 0.444. The van der Waals surface area contributed by atoms with E-state index in [1.165, 1.54) is 4.88 Å². The minimum atomic E-state index is 0.548. The number of guanidine groups is 1. The first-order valence-electron chi connectivity index (χ1n) is 8.27. The van der Waals surface area contributed by atoms with Crippen LogP contribution >= 0.6 is 11.3 Å². The molecule has 0 radical (unpaired) electrons. The van der Waals surface area contributed by atoms with Crippen molar-refractivity contribution >= 4 is 17.3 Å². The van der Waals surface area contributed by atoms with Gasteiger partial charge in [0, 0.05) is 44.7 Å². The molecule has 2 aromatic rings. The summed E-state index contributed by atoms with van der Waals surface area (Å²) in [4.78, 5) is 9.86. The molecule has 0 spiro atoms. The highest BCUT2D eigenvalue weighted by Gasteiger charge is 2.02. The van der Waals surface area contributed by atoms with E-state index < -0.39 is 0 Å². The molecule has 0 saturated heterocycles. The van der Waals surface area contributed by atoms with Crippen LogP contribution in [0.25, 0.3) is 0 Å². The molecule has 25 heavy (non-hydrogen) atoms. The van der Waals surface area contributed by atoms with Crippen molar-refractivity contribution in [3.05, 3.63) is 45.9 Å². The number of aromatic nitrogens is 1. The van der Waals surface area contributed by atoms with E-state index >= 15 is 0 Å². The Morgan fingerprint density at radius 3 is 2.88 bits per heavy atom. The second-order valence-electron chi connectivity index (χ2n) is 5.46. The number of hydrogen-bond donors (Lipinski definition) is 2. The maximum Gasteiger partial charge on any atom is 0.191 e. The molecule has 0 unspecified atom stereocenters. The van der Waals surface area contributed by atoms with Gasteiger partial charge in [-0.1, -0.05) is 12.1 Å². The molecule has 6 nitrogen and oxygen atoms in total. The number of methoxy groups -OCH3 is 1. The summed E-state index contributed by atoms with van der Waals surface area (Å²) in [6.07, 6.45) is 2.80. The van der Waals surface area contributed by atoms with Crippen LogP contribution in [0, 0.1) is 6.92 Å². The molecular formula is C18H26N4O2S. The molecule has 0 aliphatic heterocycles. The van der Waals surface area contributed by atoms with Crippen LogP contribution in [0.4, 0.5) is 0 Å². The summed E-state index contributed by atoms with van der Waals surface area (Å²) in [7, 11) is 3.44. The summed E-state index contributed by atoms with van der Waals surface area (Å²) in [5, 5.41) is 7.77. The molecule has 0 atom stereocenters. The van der Waals surface area contributed by atoms with Crippen LogP contribution in [0.3, 0.4) is 0 Å². The lowest BCUT2D eigenvalue weighted by atomic mass is 10.2. The molecule has 1 aromatic heterocycles. The number of hydrogen-bond acceptors (Lipinski definition) is 5. The quantitative estimate of drug-likeness (QED) is 0.407. The molecule has 0 fully saturated rings. The maximum atomic E-state index is 5.63. The second kappa shape index (κ2) is 10.7. The third-order valence-corrected chi connectivity index (χ3v) is 4.41. The lowest BCUT2D eigenvalue weighted by Crippen LogP contribution is -2.37. The van der Waals surface area contributed by atoms with Crippen molar-refractivity contribution < 1.29 is 9.47 Å². The van der Waals surface area contributed by atoms with E-state index in [1.807, 2.05) is 24.4 Å². The van der Waals surface area contributed by atoms with Gasteiger partial charge in [0.05, 0.1) is 11.6 Å². The average molecular weight is 362 g/mol. The van der Waals surface area contributed by atoms with Gasteiger partial charge in [-0.25, -0.2) is 4.98 Å². The highest BCUT2D eigenvalue weighted by atomic mass is 32.1. The Kier molecular flexibility index (Phi) is 8.21. The van der Waals surface area contributed by atoms with Crippen LogP contribution in [0.5, 0.6) is 5.75 Å². The van der Waals surface area contributed by atoms with E-state index in [2.05, 4.69) is 33.6 Å². The molecule has 2 N–H and O–H groups in total. The van der Waals surface area contributed by atoms with E-state index in [4.69, 9.17) is 9.47 Å². The average Bonchev–Trinajstić information content (AvgIpc) is 3.04. The summed E-state index contributed by atoms with van der Waals surface area (Å²) in [6.45, 7) is 4.68. The number of thiazole rings is 1. The van der Waals surface area contributed by atoms with Gasteiger partial charge in [-0.2, -0.15) is 0 Å². The normalized spacial score (nSPS) is 11.4. The highest BCUT2D eigenvalue weighted by Crippen LogP contribution is 2.13. The fourth-order valence-electron chi connectivity index (χ4n) is 2.20. The van der Waals surface area contributed by atoms with Gasteiger partial charge in [-0.05, 0) is 24.6 Å². The third kappa shape index (κ3) is 7.11. The Morgan fingerprint density at radius 1 is 1.28 bits per heavy atom. The maximum absolute atomic E-state index is 5.63. The van der Waals surface area contributed by atoms with Gasteiger partial charge in [0.1, 0.15) is 12.4 Å². The van der Waals surface area contributed by atoms with Crippen LogP contribution in [0.2, 0.25) is 0 Å². The standard InChI is InChI=1S/C18H26N4O2S/c1-14-12-21-17(25-14)7-8-20-18(19-2)22-13-15-5-4-6-16(11-15)24-10-9-23-3/h4-6,11-12H,7-10,13H2,1-3H3,(H2,19,20,22). The lowest BCUT2D eigenvalue weighted by molar-refractivity contribution is 0.146. The Hall–Kier alpha value is -2.12. The summed E-state index contributed by atoms with van der Waals surface area (Å²) < 4.78 is 10.6. The van der Waals surface area contributed by atoms with Gasteiger partial charge in [-0.15, -0.1) is 11.3 Å². The Morgan fingerprint density at radius 2 is 2.16 bits per heavy atom. The van der Waals surface area contributed by atoms with E-state index in [1.54, 1.807) is 25.5 Å². The summed E-state index contributed by atoms with van der Waals surface area (Å²) >= 11 is 1.73. The number of aliphatic imine (C=N–C) groups is 1. The van der Waals surface area contributed by atoms with E-state index in [0.717, 1.165) is 35.2 Å². The van der Waals surface area contributed by atoms with Gasteiger partial charge in [0.2, 0.25) is 0 Å². The monoisotopic (exact) mass is 362 g/mol. The predicted molar refractivity (Wildman–Crippen MR) is 103 cm³/mol. The Bertz CT molecular complexity index is 673. The summed E-state index contributed by atoms with van der Waals surface area (Å²) in [5.74, 6) is 1.62. The first-order valence-corrected chi connectivity index (χ1v) is 9.09. The summed E-state index contributed by atoms with van der Waals surface area (Å²) in [5.41, 5.74) is 1.13. The number of rotatable bonds is 9. The number of nitrogens with zero attached hydrogens (tertiary/aromatic N) is 2. The van der Waals surface area contributed by atoms with Crippen LogP contribution in [0.15, 0.2) is 35.5 Å². The van der Waals surface area contributed by atoms with Crippen LogP contribution < -0.4 is 15.4 Å². The largest absolute Gasteiger partial charge is 0.491 e. The molecule has 0 saturated carbocycles. The lowest BCUT2D eigenvalue weighted by Gasteiger charge is -2.12. The van der Waals surface area contributed by atoms with Gasteiger partial charge in [0.25, 0.3) is 0 Å². The Labute approximate surface area is 153 Å². The molecule has 1 heterocycles. The number of nitrogens with one attached hydrogen (secondary N) is 2. The SMILES string of the molecule is CN=C(NCCc1ncc(C)s1)NCc1cccc(OCCOC)c1. The van der Waals surface area contributed by atoms with Crippen LogP contribution in [-0.2, 0) is 17.7 Å². The first-order chi connectivity index (χ1) is 12.2. The van der Waals surface area contributed by atoms with Crippen LogP contribution in [0.1, 0.15) is 15.4 Å². The number of benzene rings is 1. The van der Waals surface area contributed by atoms with Gasteiger partial charge < -0.3 is 20.1 Å². The van der Waals surface area contributed by atoms with E-state index in [-0.39, 0.29) is 0 Å². The molecule has 136 valence electrons. The second-order valence-corrected chi connectivity index (χ2v) is 6.78.